The summed E-state index contributed by atoms with van der Waals surface area (Å²) in [6, 6.07) is 15.6. The van der Waals surface area contributed by atoms with Gasteiger partial charge in [0.05, 0.1) is 29.4 Å². The zero-order chi connectivity index (χ0) is 28.9. The average molecular weight is 571 g/mol. The molecular weight excluding hydrogens is 545 g/mol. The molecule has 0 fully saturated rings. The summed E-state index contributed by atoms with van der Waals surface area (Å²) in [6.07, 6.45) is -3.30. The van der Waals surface area contributed by atoms with Crippen LogP contribution in [0.1, 0.15) is 36.7 Å². The molecule has 10 nitrogen and oxygen atoms in total. The average Bonchev–Trinajstić information content (AvgIpc) is 3.23. The molecule has 0 bridgehead atoms. The lowest BCUT2D eigenvalue weighted by Gasteiger charge is -2.13. The van der Waals surface area contributed by atoms with Crippen molar-refractivity contribution in [3.05, 3.63) is 77.6 Å². The largest absolute Gasteiger partial charge is 0.573 e. The highest BCUT2D eigenvalue weighted by Crippen LogP contribution is 2.25. The molecule has 0 aliphatic heterocycles. The number of amides is 2. The number of amidine groups is 1. The lowest BCUT2D eigenvalue weighted by molar-refractivity contribution is -0.274. The molecule has 14 heteroatoms. The highest BCUT2D eigenvalue weighted by Gasteiger charge is 2.31. The molecule has 4 aromatic rings. The minimum Gasteiger partial charge on any atom is -0.406 e. The van der Waals surface area contributed by atoms with E-state index in [-0.39, 0.29) is 17.5 Å². The summed E-state index contributed by atoms with van der Waals surface area (Å²) in [4.78, 5) is 16.8. The topological polar surface area (TPSA) is 129 Å². The van der Waals surface area contributed by atoms with Gasteiger partial charge in [0.2, 0.25) is 0 Å². The Kier molecular flexibility index (Phi) is 8.58. The van der Waals surface area contributed by atoms with E-state index in [4.69, 9.17) is 5.41 Å². The van der Waals surface area contributed by atoms with Gasteiger partial charge in [-0.1, -0.05) is 32.0 Å². The van der Waals surface area contributed by atoms with E-state index in [2.05, 4.69) is 34.6 Å². The molecule has 4 rings (SSSR count). The lowest BCUT2D eigenvalue weighted by atomic mass is 10.0. The Morgan fingerprint density at radius 2 is 1.82 bits per heavy atom. The summed E-state index contributed by atoms with van der Waals surface area (Å²) in [6.45, 7) is 4.09. The van der Waals surface area contributed by atoms with Crippen molar-refractivity contribution in [2.45, 2.75) is 26.1 Å². The second-order valence-corrected chi connectivity index (χ2v) is 9.37. The van der Waals surface area contributed by atoms with E-state index in [1.165, 1.54) is 23.0 Å². The van der Waals surface area contributed by atoms with Crippen LogP contribution in [0, 0.1) is 5.41 Å². The van der Waals surface area contributed by atoms with Gasteiger partial charge in [-0.15, -0.1) is 13.2 Å². The van der Waals surface area contributed by atoms with E-state index in [0.29, 0.717) is 28.1 Å². The van der Waals surface area contributed by atoms with Crippen LogP contribution in [0.4, 0.5) is 29.3 Å². The number of nitrogens with one attached hydrogen (secondary N) is 4. The summed E-state index contributed by atoms with van der Waals surface area (Å²) >= 11 is 0.844. The monoisotopic (exact) mass is 570 g/mol. The van der Waals surface area contributed by atoms with Crippen molar-refractivity contribution in [3.8, 4) is 5.75 Å². The van der Waals surface area contributed by atoms with Crippen LogP contribution in [0.2, 0.25) is 0 Å². The van der Waals surface area contributed by atoms with Crippen molar-refractivity contribution in [1.82, 2.24) is 19.5 Å². The fourth-order valence-electron chi connectivity index (χ4n) is 3.76. The number of anilines is 2. The van der Waals surface area contributed by atoms with Crippen molar-refractivity contribution in [1.29, 1.82) is 5.41 Å². The Labute approximate surface area is 231 Å². The fraction of sp³-hybridized carbons (Fsp3) is 0.192. The third kappa shape index (κ3) is 7.28. The number of rotatable bonds is 8. The molecule has 208 valence electrons. The first-order chi connectivity index (χ1) is 19.0. The van der Waals surface area contributed by atoms with E-state index in [0.717, 1.165) is 35.5 Å². The van der Waals surface area contributed by atoms with E-state index in [1.807, 2.05) is 38.1 Å². The summed E-state index contributed by atoms with van der Waals surface area (Å²) in [5.41, 5.74) is 3.43. The smallest absolute Gasteiger partial charge is 0.406 e. The number of aryl methyl sites for hydroxylation is 1. The standard InChI is InChI=1S/C26H25F3N8O2S/c1-15(2)19-6-4-5-7-21(19)34-25(38)36-40-31-14-17-10-13-20-22(35-37(3)24(20)33-17)23(30)32-16-8-11-18(12-9-16)39-26(27,28)29/h4-15H,1-3H3,(H2,30,32)(H2,34,36,38)/b31-14+. The fourth-order valence-corrected chi connectivity index (χ4v) is 4.10. The molecule has 0 saturated heterocycles. The molecule has 0 spiro atoms. The minimum atomic E-state index is -4.78. The van der Waals surface area contributed by atoms with Crippen molar-refractivity contribution >= 4 is 52.6 Å². The Hall–Kier alpha value is -4.59. The molecule has 0 radical (unpaired) electrons. The van der Waals surface area contributed by atoms with Gasteiger partial charge >= 0.3 is 12.4 Å². The molecule has 0 aliphatic rings. The molecule has 2 aromatic carbocycles. The second-order valence-electron chi connectivity index (χ2n) is 8.78. The quantitative estimate of drug-likeness (QED) is 0.113. The van der Waals surface area contributed by atoms with Gasteiger partial charge < -0.3 is 15.4 Å². The number of urea groups is 1. The SMILES string of the molecule is CC(C)c1ccccc1NC(=O)NS/N=C/c1ccc2c(C(=N)Nc3ccc(OC(F)(F)F)cc3)nn(C)c2n1. The van der Waals surface area contributed by atoms with Gasteiger partial charge in [0.25, 0.3) is 0 Å². The molecule has 2 heterocycles. The highest BCUT2D eigenvalue weighted by atomic mass is 32.2. The summed E-state index contributed by atoms with van der Waals surface area (Å²) < 4.78 is 49.2. The number of nitrogens with zero attached hydrogens (tertiary/aromatic N) is 4. The number of benzene rings is 2. The van der Waals surface area contributed by atoms with Gasteiger partial charge in [-0.25, -0.2) is 18.9 Å². The first-order valence-corrected chi connectivity index (χ1v) is 12.7. The van der Waals surface area contributed by atoms with Gasteiger partial charge in [-0.05, 0) is 53.9 Å². The number of hydrogen-bond donors (Lipinski definition) is 4. The predicted molar refractivity (Wildman–Crippen MR) is 150 cm³/mol. The third-order valence-electron chi connectivity index (χ3n) is 5.51. The zero-order valence-corrected chi connectivity index (χ0v) is 22.4. The maximum atomic E-state index is 12.4. The molecule has 0 atom stereocenters. The molecule has 0 unspecified atom stereocenters. The Morgan fingerprint density at radius 1 is 1.10 bits per heavy atom. The van der Waals surface area contributed by atoms with Crippen LogP contribution in [0.5, 0.6) is 5.75 Å². The molecule has 40 heavy (non-hydrogen) atoms. The normalized spacial score (nSPS) is 11.7. The van der Waals surface area contributed by atoms with E-state index < -0.39 is 12.4 Å². The lowest BCUT2D eigenvalue weighted by Crippen LogP contribution is -2.23. The number of aromatic nitrogens is 3. The first kappa shape index (κ1) is 28.4. The number of carbonyl (C=O) groups excluding carboxylic acids is 1. The van der Waals surface area contributed by atoms with Gasteiger partial charge in [-0.3, -0.25) is 10.1 Å². The van der Waals surface area contributed by atoms with Gasteiger partial charge in [0.15, 0.2) is 11.5 Å². The van der Waals surface area contributed by atoms with Crippen LogP contribution in [-0.2, 0) is 7.05 Å². The second kappa shape index (κ2) is 12.1. The van der Waals surface area contributed by atoms with Crippen molar-refractivity contribution in [2.75, 3.05) is 10.6 Å². The number of carbonyl (C=O) groups is 1. The van der Waals surface area contributed by atoms with Gasteiger partial charge in [0.1, 0.15) is 11.4 Å². The van der Waals surface area contributed by atoms with Gasteiger partial charge in [-0.2, -0.15) is 5.10 Å². The molecule has 2 aromatic heterocycles. The summed E-state index contributed by atoms with van der Waals surface area (Å²) in [5, 5.41) is 19.0. The van der Waals surface area contributed by atoms with Crippen molar-refractivity contribution < 1.29 is 22.7 Å². The number of para-hydroxylation sites is 1. The third-order valence-corrected chi connectivity index (χ3v) is 6.00. The summed E-state index contributed by atoms with van der Waals surface area (Å²) in [5.74, 6) is -0.177. The highest BCUT2D eigenvalue weighted by molar-refractivity contribution is 7.96. The summed E-state index contributed by atoms with van der Waals surface area (Å²) in [7, 11) is 1.67. The predicted octanol–water partition coefficient (Wildman–Crippen LogP) is 6.23. The van der Waals surface area contributed by atoms with Crippen molar-refractivity contribution in [3.63, 3.8) is 0 Å². The minimum absolute atomic E-state index is 0.0666. The van der Waals surface area contributed by atoms with E-state index in [1.54, 1.807) is 19.2 Å². The van der Waals surface area contributed by atoms with Crippen LogP contribution in [0.25, 0.3) is 11.0 Å². The number of pyridine rings is 1. The van der Waals surface area contributed by atoms with Crippen LogP contribution < -0.4 is 20.1 Å². The number of ether oxygens (including phenoxy) is 1. The molecule has 0 saturated carbocycles. The van der Waals surface area contributed by atoms with Crippen LogP contribution in [0.15, 0.2) is 65.1 Å². The zero-order valence-electron chi connectivity index (χ0n) is 21.6. The van der Waals surface area contributed by atoms with E-state index >= 15 is 0 Å². The number of alkyl halides is 3. The van der Waals surface area contributed by atoms with Crippen LogP contribution in [0.3, 0.4) is 0 Å². The number of fused-ring (bicyclic) bond motifs is 1. The van der Waals surface area contributed by atoms with E-state index in [9.17, 15) is 18.0 Å². The van der Waals surface area contributed by atoms with Crippen LogP contribution >= 0.6 is 12.1 Å². The van der Waals surface area contributed by atoms with Crippen molar-refractivity contribution in [2.24, 2.45) is 11.4 Å². The van der Waals surface area contributed by atoms with Gasteiger partial charge in [0, 0.05) is 18.4 Å². The van der Waals surface area contributed by atoms with Crippen LogP contribution in [-0.4, -0.2) is 39.2 Å². The maximum Gasteiger partial charge on any atom is 0.573 e. The Bertz CT molecular complexity index is 1550. The maximum absolute atomic E-state index is 12.4. The molecule has 4 N–H and O–H groups in total. The number of halogens is 3. The number of hydrogen-bond acceptors (Lipinski definition) is 7. The first-order valence-electron chi connectivity index (χ1n) is 11.9. The molecule has 2 amide bonds. The Balaban J connectivity index is 1.37. The molecule has 0 aliphatic carbocycles. The molecular formula is C26H25F3N8O2S. The Morgan fingerprint density at radius 3 is 2.52 bits per heavy atom.